The Morgan fingerprint density at radius 1 is 1.11 bits per heavy atom. The fourth-order valence-corrected chi connectivity index (χ4v) is 2.16. The van der Waals surface area contributed by atoms with Crippen molar-refractivity contribution in [2.75, 3.05) is 0 Å². The number of aromatic nitrogens is 3. The van der Waals surface area contributed by atoms with Crippen molar-refractivity contribution in [1.29, 1.82) is 0 Å². The Morgan fingerprint density at radius 2 is 1.84 bits per heavy atom. The van der Waals surface area contributed by atoms with Gasteiger partial charge in [-0.3, -0.25) is 4.57 Å². The molecule has 0 unspecified atom stereocenters. The molecule has 0 radical (unpaired) electrons. The van der Waals surface area contributed by atoms with E-state index in [9.17, 15) is 4.39 Å². The number of benzene rings is 1. The van der Waals surface area contributed by atoms with E-state index in [1.807, 2.05) is 26.0 Å². The van der Waals surface area contributed by atoms with Crippen LogP contribution in [-0.2, 0) is 0 Å². The fraction of sp³-hybridized carbons (Fsp3) is 0.143. The Morgan fingerprint density at radius 3 is 2.58 bits per heavy atom. The molecule has 0 aliphatic heterocycles. The summed E-state index contributed by atoms with van der Waals surface area (Å²) in [5.41, 5.74) is 3.93. The van der Waals surface area contributed by atoms with E-state index in [4.69, 9.17) is 11.6 Å². The molecule has 2 heterocycles. The maximum atomic E-state index is 13.9. The van der Waals surface area contributed by atoms with Crippen LogP contribution in [0.15, 0.2) is 30.7 Å². The van der Waals surface area contributed by atoms with Crippen LogP contribution < -0.4 is 0 Å². The van der Waals surface area contributed by atoms with Crippen LogP contribution in [0.25, 0.3) is 16.9 Å². The van der Waals surface area contributed by atoms with Crippen molar-refractivity contribution >= 4 is 22.6 Å². The molecule has 5 heteroatoms. The summed E-state index contributed by atoms with van der Waals surface area (Å²) in [6, 6.07) is 5.21. The zero-order chi connectivity index (χ0) is 13.6. The van der Waals surface area contributed by atoms with Crippen LogP contribution in [0.4, 0.5) is 4.39 Å². The normalized spacial score (nSPS) is 11.2. The third kappa shape index (κ3) is 1.98. The zero-order valence-corrected chi connectivity index (χ0v) is 11.2. The molecule has 0 aliphatic rings. The Bertz CT molecular complexity index is 780. The zero-order valence-electron chi connectivity index (χ0n) is 10.5. The molecule has 0 N–H and O–H groups in total. The molecular weight excluding hydrogens is 265 g/mol. The van der Waals surface area contributed by atoms with Crippen LogP contribution in [0, 0.1) is 19.7 Å². The number of fused-ring (bicyclic) bond motifs is 1. The van der Waals surface area contributed by atoms with E-state index in [-0.39, 0.29) is 10.8 Å². The number of nitrogens with zero attached hydrogens (tertiary/aromatic N) is 3. The minimum atomic E-state index is -0.468. The molecule has 0 saturated carbocycles. The largest absolute Gasteiger partial charge is 0.280 e. The number of imidazole rings is 1. The maximum Gasteiger partial charge on any atom is 0.174 e. The third-order valence-electron chi connectivity index (χ3n) is 3.18. The van der Waals surface area contributed by atoms with Gasteiger partial charge in [-0.15, -0.1) is 0 Å². The lowest BCUT2D eigenvalue weighted by Crippen LogP contribution is -1.99. The molecule has 0 spiro atoms. The van der Waals surface area contributed by atoms with Crippen LogP contribution in [0.5, 0.6) is 0 Å². The number of aryl methyl sites for hydroxylation is 2. The number of halogens is 2. The molecule has 3 nitrogen and oxygen atoms in total. The highest BCUT2D eigenvalue weighted by Crippen LogP contribution is 2.23. The van der Waals surface area contributed by atoms with Gasteiger partial charge in [0.1, 0.15) is 6.33 Å². The molecule has 19 heavy (non-hydrogen) atoms. The molecular formula is C14H11ClFN3. The van der Waals surface area contributed by atoms with Gasteiger partial charge in [-0.25, -0.2) is 14.4 Å². The quantitative estimate of drug-likeness (QED) is 0.676. The first-order chi connectivity index (χ1) is 9.06. The molecule has 0 bridgehead atoms. The van der Waals surface area contributed by atoms with Gasteiger partial charge < -0.3 is 0 Å². The average Bonchev–Trinajstić information content (AvgIpc) is 2.73. The highest BCUT2D eigenvalue weighted by molar-refractivity contribution is 6.30. The van der Waals surface area contributed by atoms with E-state index < -0.39 is 5.82 Å². The van der Waals surface area contributed by atoms with E-state index in [1.54, 1.807) is 10.9 Å². The van der Waals surface area contributed by atoms with Gasteiger partial charge in [0.05, 0.1) is 16.1 Å². The molecule has 0 saturated heterocycles. The summed E-state index contributed by atoms with van der Waals surface area (Å²) in [7, 11) is 0. The van der Waals surface area contributed by atoms with Gasteiger partial charge in [0.2, 0.25) is 0 Å². The Balaban J connectivity index is 2.28. The summed E-state index contributed by atoms with van der Waals surface area (Å²) in [4.78, 5) is 8.32. The second kappa shape index (κ2) is 4.31. The predicted octanol–water partition coefficient (Wildman–Crippen LogP) is 3.83. The highest BCUT2D eigenvalue weighted by atomic mass is 35.5. The fourth-order valence-electron chi connectivity index (χ4n) is 2.02. The van der Waals surface area contributed by atoms with E-state index >= 15 is 0 Å². The monoisotopic (exact) mass is 275 g/mol. The molecule has 0 aliphatic carbocycles. The van der Waals surface area contributed by atoms with Crippen LogP contribution in [0.1, 0.15) is 11.1 Å². The standard InChI is InChI=1S/C14H11ClFN3/c1-8-3-12-13(4-9(8)2)19(7-18-12)14-11(16)5-10(15)6-17-14/h3-7H,1-2H3. The van der Waals surface area contributed by atoms with E-state index in [0.717, 1.165) is 22.2 Å². The van der Waals surface area contributed by atoms with Crippen molar-refractivity contribution in [2.24, 2.45) is 0 Å². The second-order valence-electron chi connectivity index (χ2n) is 4.50. The van der Waals surface area contributed by atoms with E-state index in [0.29, 0.717) is 0 Å². The number of pyridine rings is 1. The number of hydrogen-bond donors (Lipinski definition) is 0. The Hall–Kier alpha value is -1.94. The summed E-state index contributed by atoms with van der Waals surface area (Å²) >= 11 is 5.72. The average molecular weight is 276 g/mol. The molecule has 2 aromatic heterocycles. The molecule has 1 aromatic carbocycles. The van der Waals surface area contributed by atoms with Gasteiger partial charge in [-0.1, -0.05) is 11.6 Å². The molecule has 3 rings (SSSR count). The maximum absolute atomic E-state index is 13.9. The van der Waals surface area contributed by atoms with Crippen LogP contribution in [-0.4, -0.2) is 14.5 Å². The lowest BCUT2D eigenvalue weighted by molar-refractivity contribution is 0.611. The molecule has 96 valence electrons. The van der Waals surface area contributed by atoms with Crippen LogP contribution >= 0.6 is 11.6 Å². The van der Waals surface area contributed by atoms with Gasteiger partial charge in [0, 0.05) is 6.20 Å². The molecule has 0 atom stereocenters. The smallest absolute Gasteiger partial charge is 0.174 e. The highest BCUT2D eigenvalue weighted by Gasteiger charge is 2.11. The van der Waals surface area contributed by atoms with Crippen molar-refractivity contribution < 1.29 is 4.39 Å². The Labute approximate surface area is 114 Å². The first-order valence-electron chi connectivity index (χ1n) is 5.82. The third-order valence-corrected chi connectivity index (χ3v) is 3.39. The van der Waals surface area contributed by atoms with Gasteiger partial charge in [0.25, 0.3) is 0 Å². The van der Waals surface area contributed by atoms with Crippen molar-refractivity contribution in [3.63, 3.8) is 0 Å². The SMILES string of the molecule is Cc1cc2ncn(-c3ncc(Cl)cc3F)c2cc1C. The topological polar surface area (TPSA) is 30.7 Å². The lowest BCUT2D eigenvalue weighted by atomic mass is 10.1. The first-order valence-corrected chi connectivity index (χ1v) is 6.20. The minimum Gasteiger partial charge on any atom is -0.280 e. The van der Waals surface area contributed by atoms with Gasteiger partial charge in [0.15, 0.2) is 11.6 Å². The van der Waals surface area contributed by atoms with E-state index in [1.165, 1.54) is 12.3 Å². The summed E-state index contributed by atoms with van der Waals surface area (Å²) in [5.74, 6) is -0.264. The second-order valence-corrected chi connectivity index (χ2v) is 4.94. The van der Waals surface area contributed by atoms with Gasteiger partial charge in [-0.05, 0) is 43.2 Å². The van der Waals surface area contributed by atoms with Crippen LogP contribution in [0.2, 0.25) is 5.02 Å². The van der Waals surface area contributed by atoms with Gasteiger partial charge >= 0.3 is 0 Å². The van der Waals surface area contributed by atoms with Crippen molar-refractivity contribution in [3.05, 3.63) is 52.7 Å². The van der Waals surface area contributed by atoms with Crippen LogP contribution in [0.3, 0.4) is 0 Å². The number of rotatable bonds is 1. The summed E-state index contributed by atoms with van der Waals surface area (Å²) in [6.07, 6.45) is 3.00. The number of hydrogen-bond acceptors (Lipinski definition) is 2. The minimum absolute atomic E-state index is 0.204. The first kappa shape index (κ1) is 12.1. The summed E-state index contributed by atoms with van der Waals surface area (Å²) < 4.78 is 15.6. The summed E-state index contributed by atoms with van der Waals surface area (Å²) in [5, 5.41) is 0.276. The molecule has 3 aromatic rings. The van der Waals surface area contributed by atoms with Crippen molar-refractivity contribution in [3.8, 4) is 5.82 Å². The molecule has 0 fully saturated rings. The molecule has 0 amide bonds. The Kier molecular flexibility index (Phi) is 2.75. The lowest BCUT2D eigenvalue weighted by Gasteiger charge is -2.06. The van der Waals surface area contributed by atoms with Crippen molar-refractivity contribution in [1.82, 2.24) is 14.5 Å². The summed E-state index contributed by atoms with van der Waals surface area (Å²) in [6.45, 7) is 4.03. The van der Waals surface area contributed by atoms with Crippen molar-refractivity contribution in [2.45, 2.75) is 13.8 Å². The van der Waals surface area contributed by atoms with E-state index in [2.05, 4.69) is 9.97 Å². The predicted molar refractivity (Wildman–Crippen MR) is 73.3 cm³/mol. The van der Waals surface area contributed by atoms with Gasteiger partial charge in [-0.2, -0.15) is 0 Å².